The molecule has 0 heterocycles. The van der Waals surface area contributed by atoms with Crippen molar-refractivity contribution in [1.82, 2.24) is 0 Å². The third-order valence-electron chi connectivity index (χ3n) is 1.98. The molecule has 74 valence electrons. The second-order valence-electron chi connectivity index (χ2n) is 2.99. The molecule has 0 bridgehead atoms. The van der Waals surface area contributed by atoms with Crippen LogP contribution in [0.1, 0.15) is 13.8 Å². The molecule has 0 amide bonds. The summed E-state index contributed by atoms with van der Waals surface area (Å²) < 4.78 is 15.7. The summed E-state index contributed by atoms with van der Waals surface area (Å²) in [6.07, 6.45) is 0. The van der Waals surface area contributed by atoms with Crippen molar-refractivity contribution in [2.24, 2.45) is 11.7 Å². The van der Waals surface area contributed by atoms with E-state index < -0.39 is 8.80 Å². The molecule has 12 heavy (non-hydrogen) atoms. The van der Waals surface area contributed by atoms with Crippen molar-refractivity contribution in [3.8, 4) is 0 Å². The standard InChI is InChI=1S/C7H19NO3Si/c1-6(2)7(8)12(9-3,10-4)11-5/h6-7H,8H2,1-5H3. The second kappa shape index (κ2) is 4.93. The predicted octanol–water partition coefficient (Wildman–Crippen LogP) is 0.387. The van der Waals surface area contributed by atoms with Crippen LogP contribution in [0.4, 0.5) is 0 Å². The lowest BCUT2D eigenvalue weighted by molar-refractivity contribution is 0.106. The zero-order chi connectivity index (χ0) is 9.78. The first-order valence-electron chi connectivity index (χ1n) is 3.95. The largest absolute Gasteiger partial charge is 0.518 e. The molecule has 0 fully saturated rings. The molecule has 0 aliphatic carbocycles. The lowest BCUT2D eigenvalue weighted by Gasteiger charge is -2.31. The molecule has 0 spiro atoms. The van der Waals surface area contributed by atoms with Gasteiger partial charge in [0.15, 0.2) is 0 Å². The molecule has 0 aliphatic heterocycles. The molecule has 0 aromatic rings. The fraction of sp³-hybridized carbons (Fsp3) is 1.00. The predicted molar refractivity (Wildman–Crippen MR) is 49.6 cm³/mol. The molecule has 0 saturated carbocycles. The molecule has 5 heteroatoms. The summed E-state index contributed by atoms with van der Waals surface area (Å²) >= 11 is 0. The summed E-state index contributed by atoms with van der Waals surface area (Å²) in [6.45, 7) is 4.03. The zero-order valence-electron chi connectivity index (χ0n) is 8.46. The van der Waals surface area contributed by atoms with Crippen molar-refractivity contribution in [2.75, 3.05) is 21.3 Å². The van der Waals surface area contributed by atoms with Crippen molar-refractivity contribution in [1.29, 1.82) is 0 Å². The first-order chi connectivity index (χ1) is 5.54. The van der Waals surface area contributed by atoms with E-state index in [4.69, 9.17) is 19.0 Å². The van der Waals surface area contributed by atoms with Crippen molar-refractivity contribution in [2.45, 2.75) is 19.5 Å². The Hall–Kier alpha value is 0.0569. The summed E-state index contributed by atoms with van der Waals surface area (Å²) in [5, 5.41) is 0. The van der Waals surface area contributed by atoms with Gasteiger partial charge in [-0.25, -0.2) is 0 Å². The van der Waals surface area contributed by atoms with E-state index in [0.29, 0.717) is 0 Å². The Labute approximate surface area is 75.4 Å². The molecule has 2 N–H and O–H groups in total. The van der Waals surface area contributed by atoms with Gasteiger partial charge in [0, 0.05) is 21.3 Å². The van der Waals surface area contributed by atoms with Gasteiger partial charge >= 0.3 is 8.80 Å². The average Bonchev–Trinajstić information content (AvgIpc) is 2.08. The van der Waals surface area contributed by atoms with Gasteiger partial charge in [-0.3, -0.25) is 0 Å². The summed E-state index contributed by atoms with van der Waals surface area (Å²) in [5.74, 6) is 0.288. The number of rotatable bonds is 5. The smallest absolute Gasteiger partial charge is 0.376 e. The second-order valence-corrected chi connectivity index (χ2v) is 6.08. The van der Waals surface area contributed by atoms with Crippen molar-refractivity contribution >= 4 is 8.80 Å². The lowest BCUT2D eigenvalue weighted by Crippen LogP contribution is -2.60. The maximum Gasteiger partial charge on any atom is 0.518 e. The summed E-state index contributed by atoms with van der Waals surface area (Å²) in [6, 6.07) is 0. The van der Waals surface area contributed by atoms with Crippen LogP contribution < -0.4 is 5.73 Å². The minimum atomic E-state index is -2.61. The molecule has 0 aromatic carbocycles. The van der Waals surface area contributed by atoms with E-state index in [1.807, 2.05) is 13.8 Å². The molecule has 4 nitrogen and oxygen atoms in total. The number of nitrogens with two attached hydrogens (primary N) is 1. The lowest BCUT2D eigenvalue weighted by atomic mass is 10.2. The topological polar surface area (TPSA) is 53.7 Å². The van der Waals surface area contributed by atoms with Crippen LogP contribution in [0.25, 0.3) is 0 Å². The van der Waals surface area contributed by atoms with E-state index >= 15 is 0 Å². The van der Waals surface area contributed by atoms with Gasteiger partial charge in [0.05, 0.1) is 5.67 Å². The van der Waals surface area contributed by atoms with E-state index in [2.05, 4.69) is 0 Å². The van der Waals surface area contributed by atoms with Crippen LogP contribution in [-0.2, 0) is 13.3 Å². The van der Waals surface area contributed by atoms with Crippen LogP contribution in [0, 0.1) is 5.92 Å². The Morgan fingerprint density at radius 3 is 1.42 bits per heavy atom. The van der Waals surface area contributed by atoms with Gasteiger partial charge in [-0.15, -0.1) is 0 Å². The van der Waals surface area contributed by atoms with Crippen LogP contribution in [0.5, 0.6) is 0 Å². The normalized spacial score (nSPS) is 15.2. The Balaban J connectivity index is 4.46. The Morgan fingerprint density at radius 1 is 1.00 bits per heavy atom. The average molecular weight is 193 g/mol. The molecule has 1 unspecified atom stereocenters. The third-order valence-corrected chi connectivity index (χ3v) is 5.17. The first-order valence-corrected chi connectivity index (χ1v) is 5.75. The van der Waals surface area contributed by atoms with Gasteiger partial charge in [0.25, 0.3) is 0 Å². The van der Waals surface area contributed by atoms with Crippen molar-refractivity contribution in [3.05, 3.63) is 0 Å². The van der Waals surface area contributed by atoms with E-state index in [0.717, 1.165) is 0 Å². The van der Waals surface area contributed by atoms with E-state index in [1.54, 1.807) is 21.3 Å². The minimum Gasteiger partial charge on any atom is -0.376 e. The van der Waals surface area contributed by atoms with Gasteiger partial charge in [-0.05, 0) is 5.92 Å². The van der Waals surface area contributed by atoms with Crippen LogP contribution >= 0.6 is 0 Å². The summed E-state index contributed by atoms with van der Waals surface area (Å²) in [5.41, 5.74) is 5.75. The Bertz CT molecular complexity index is 120. The molecular formula is C7H19NO3Si. The van der Waals surface area contributed by atoms with Crippen LogP contribution in [0.3, 0.4) is 0 Å². The Kier molecular flexibility index (Phi) is 4.96. The summed E-state index contributed by atoms with van der Waals surface area (Å²) in [7, 11) is 2.11. The monoisotopic (exact) mass is 193 g/mol. The highest BCUT2D eigenvalue weighted by Gasteiger charge is 2.46. The van der Waals surface area contributed by atoms with Gasteiger partial charge in [0.2, 0.25) is 0 Å². The molecule has 1 atom stereocenters. The van der Waals surface area contributed by atoms with Crippen LogP contribution in [0.2, 0.25) is 0 Å². The van der Waals surface area contributed by atoms with Crippen LogP contribution in [-0.4, -0.2) is 35.8 Å². The van der Waals surface area contributed by atoms with Gasteiger partial charge in [0.1, 0.15) is 0 Å². The van der Waals surface area contributed by atoms with Crippen molar-refractivity contribution < 1.29 is 13.3 Å². The SMILES string of the molecule is CO[Si](OC)(OC)C(N)C(C)C. The van der Waals surface area contributed by atoms with E-state index in [1.165, 1.54) is 0 Å². The molecule has 0 aliphatic rings. The quantitative estimate of drug-likeness (QED) is 0.642. The first kappa shape index (κ1) is 12.1. The van der Waals surface area contributed by atoms with Crippen molar-refractivity contribution in [3.63, 3.8) is 0 Å². The fourth-order valence-electron chi connectivity index (χ4n) is 1.07. The highest BCUT2D eigenvalue weighted by molar-refractivity contribution is 6.62. The highest BCUT2D eigenvalue weighted by atomic mass is 28.4. The number of hydrogen-bond donors (Lipinski definition) is 1. The molecule has 0 radical (unpaired) electrons. The van der Waals surface area contributed by atoms with Gasteiger partial charge in [-0.1, -0.05) is 13.8 Å². The van der Waals surface area contributed by atoms with Crippen LogP contribution in [0.15, 0.2) is 0 Å². The zero-order valence-corrected chi connectivity index (χ0v) is 9.46. The minimum absolute atomic E-state index is 0.169. The molecule has 0 saturated heterocycles. The highest BCUT2D eigenvalue weighted by Crippen LogP contribution is 2.15. The molecule has 0 aromatic heterocycles. The van der Waals surface area contributed by atoms with E-state index in [-0.39, 0.29) is 11.6 Å². The molecule has 0 rings (SSSR count). The van der Waals surface area contributed by atoms with Gasteiger partial charge < -0.3 is 19.0 Å². The molecular weight excluding hydrogens is 174 g/mol. The summed E-state index contributed by atoms with van der Waals surface area (Å²) in [4.78, 5) is 0. The maximum absolute atomic E-state index is 5.91. The maximum atomic E-state index is 5.91. The number of hydrogen-bond acceptors (Lipinski definition) is 4. The fourth-order valence-corrected chi connectivity index (χ4v) is 3.20. The third kappa shape index (κ3) is 2.27. The Morgan fingerprint density at radius 2 is 1.33 bits per heavy atom. The van der Waals surface area contributed by atoms with Gasteiger partial charge in [-0.2, -0.15) is 0 Å². The van der Waals surface area contributed by atoms with E-state index in [9.17, 15) is 0 Å².